The van der Waals surface area contributed by atoms with Gasteiger partial charge in [-0.15, -0.1) is 0 Å². The van der Waals surface area contributed by atoms with Crippen molar-refractivity contribution in [3.63, 3.8) is 0 Å². The number of hydrogen-bond donors (Lipinski definition) is 1. The summed E-state index contributed by atoms with van der Waals surface area (Å²) >= 11 is 3.25. The zero-order chi connectivity index (χ0) is 16.8. The molecule has 1 amide bonds. The summed E-state index contributed by atoms with van der Waals surface area (Å²) in [4.78, 5) is 22.8. The van der Waals surface area contributed by atoms with Crippen LogP contribution in [0.3, 0.4) is 0 Å². The van der Waals surface area contributed by atoms with Crippen LogP contribution in [0.4, 0.5) is 10.1 Å². The molecule has 1 N–H and O–H groups in total. The second kappa shape index (κ2) is 7.73. The summed E-state index contributed by atoms with van der Waals surface area (Å²) in [6.45, 7) is -0.297. The monoisotopic (exact) mass is 381 g/mol. The number of anilines is 1. The zero-order valence-electron chi connectivity index (χ0n) is 12.1. The van der Waals surface area contributed by atoms with Gasteiger partial charge in [0.1, 0.15) is 5.82 Å². The fourth-order valence-electron chi connectivity index (χ4n) is 1.81. The van der Waals surface area contributed by atoms with Crippen LogP contribution in [0, 0.1) is 5.82 Å². The molecule has 0 aliphatic heterocycles. The smallest absolute Gasteiger partial charge is 0.262 e. The van der Waals surface area contributed by atoms with E-state index in [0.29, 0.717) is 27.8 Å². The molecule has 0 fully saturated rings. The topological polar surface area (TPSA) is 64.6 Å². The van der Waals surface area contributed by atoms with Gasteiger partial charge in [-0.05, 0) is 52.3 Å². The molecule has 7 heteroatoms. The van der Waals surface area contributed by atoms with Crippen LogP contribution >= 0.6 is 15.9 Å². The number of benzene rings is 2. The van der Waals surface area contributed by atoms with Gasteiger partial charge in [-0.2, -0.15) is 0 Å². The lowest BCUT2D eigenvalue weighted by atomic mass is 10.2. The fourth-order valence-corrected chi connectivity index (χ4v) is 2.34. The molecule has 0 atom stereocenters. The molecule has 2 aromatic carbocycles. The molecule has 23 heavy (non-hydrogen) atoms. The van der Waals surface area contributed by atoms with Gasteiger partial charge in [0.2, 0.25) is 0 Å². The number of rotatable bonds is 6. The van der Waals surface area contributed by atoms with E-state index in [9.17, 15) is 14.0 Å². The summed E-state index contributed by atoms with van der Waals surface area (Å²) in [7, 11) is 1.45. The molecule has 0 aromatic heterocycles. The first-order valence-corrected chi connectivity index (χ1v) is 7.34. The van der Waals surface area contributed by atoms with Gasteiger partial charge in [-0.25, -0.2) is 4.39 Å². The standard InChI is InChI=1S/C16H13BrFNO4/c1-22-13-7-2-10(8-20)15(17)16(13)23-9-14(21)19-12-5-3-11(18)4-6-12/h2-8H,9H2,1H3,(H,19,21). The van der Waals surface area contributed by atoms with Crippen molar-refractivity contribution in [3.05, 3.63) is 52.3 Å². The molecular weight excluding hydrogens is 369 g/mol. The minimum atomic E-state index is -0.429. The molecule has 2 rings (SSSR count). The summed E-state index contributed by atoms with van der Waals surface area (Å²) in [6.07, 6.45) is 0.662. The molecule has 5 nitrogen and oxygen atoms in total. The molecule has 0 aliphatic rings. The van der Waals surface area contributed by atoms with Crippen molar-refractivity contribution in [1.29, 1.82) is 0 Å². The van der Waals surface area contributed by atoms with Gasteiger partial charge in [-0.1, -0.05) is 0 Å². The first-order chi connectivity index (χ1) is 11.0. The minimum Gasteiger partial charge on any atom is -0.493 e. The Kier molecular flexibility index (Phi) is 5.70. The Bertz CT molecular complexity index is 719. The van der Waals surface area contributed by atoms with Crippen molar-refractivity contribution in [2.24, 2.45) is 0 Å². The third kappa shape index (κ3) is 4.29. The van der Waals surface area contributed by atoms with Gasteiger partial charge in [0.15, 0.2) is 24.4 Å². The number of hydrogen-bond acceptors (Lipinski definition) is 4. The van der Waals surface area contributed by atoms with E-state index >= 15 is 0 Å². The van der Waals surface area contributed by atoms with Crippen LogP contribution in [0.25, 0.3) is 0 Å². The second-order valence-corrected chi connectivity index (χ2v) is 5.25. The Hall–Kier alpha value is -2.41. The molecule has 0 aliphatic carbocycles. The second-order valence-electron chi connectivity index (χ2n) is 4.46. The molecule has 0 saturated heterocycles. The molecule has 2 aromatic rings. The predicted octanol–water partition coefficient (Wildman–Crippen LogP) is 3.43. The van der Waals surface area contributed by atoms with Crippen LogP contribution in [0.2, 0.25) is 0 Å². The normalized spacial score (nSPS) is 10.0. The first-order valence-electron chi connectivity index (χ1n) is 6.55. The minimum absolute atomic E-state index is 0.256. The molecule has 120 valence electrons. The van der Waals surface area contributed by atoms with Crippen molar-refractivity contribution >= 4 is 33.8 Å². The molecule has 0 radical (unpaired) electrons. The Morgan fingerprint density at radius 3 is 2.57 bits per heavy atom. The highest BCUT2D eigenvalue weighted by Crippen LogP contribution is 2.37. The Labute approximate surface area is 140 Å². The summed E-state index contributed by atoms with van der Waals surface area (Å²) < 4.78 is 23.8. The maximum absolute atomic E-state index is 12.8. The predicted molar refractivity (Wildman–Crippen MR) is 86.6 cm³/mol. The SMILES string of the molecule is COc1ccc(C=O)c(Br)c1OCC(=O)Nc1ccc(F)cc1. The average Bonchev–Trinajstić information content (AvgIpc) is 2.55. The number of carbonyl (C=O) groups excluding carboxylic acids is 2. The largest absolute Gasteiger partial charge is 0.493 e. The highest BCUT2D eigenvalue weighted by molar-refractivity contribution is 9.10. The number of carbonyl (C=O) groups is 2. The van der Waals surface area contributed by atoms with E-state index in [1.165, 1.54) is 31.4 Å². The van der Waals surface area contributed by atoms with Gasteiger partial charge in [0.05, 0.1) is 11.6 Å². The molecule has 0 saturated carbocycles. The highest BCUT2D eigenvalue weighted by atomic mass is 79.9. The lowest BCUT2D eigenvalue weighted by Gasteiger charge is -2.13. The number of amides is 1. The van der Waals surface area contributed by atoms with Gasteiger partial charge in [0.25, 0.3) is 5.91 Å². The number of nitrogens with one attached hydrogen (secondary N) is 1. The van der Waals surface area contributed by atoms with Gasteiger partial charge >= 0.3 is 0 Å². The Balaban J connectivity index is 2.06. The van der Waals surface area contributed by atoms with Gasteiger partial charge in [0, 0.05) is 11.3 Å². The molecular formula is C16H13BrFNO4. The van der Waals surface area contributed by atoms with E-state index in [4.69, 9.17) is 9.47 Å². The number of ether oxygens (including phenoxy) is 2. The summed E-state index contributed by atoms with van der Waals surface area (Å²) in [5.74, 6) is -0.177. The summed E-state index contributed by atoms with van der Waals surface area (Å²) in [5.41, 5.74) is 0.826. The van der Waals surface area contributed by atoms with Gasteiger partial charge in [-0.3, -0.25) is 9.59 Å². The van der Waals surface area contributed by atoms with Crippen LogP contribution in [0.15, 0.2) is 40.9 Å². The Morgan fingerprint density at radius 1 is 1.26 bits per heavy atom. The maximum Gasteiger partial charge on any atom is 0.262 e. The van der Waals surface area contributed by atoms with E-state index in [2.05, 4.69) is 21.2 Å². The third-order valence-corrected chi connectivity index (χ3v) is 3.73. The van der Waals surface area contributed by atoms with E-state index < -0.39 is 11.7 Å². The molecule has 0 bridgehead atoms. The molecule has 0 spiro atoms. The fraction of sp³-hybridized carbons (Fsp3) is 0.125. The maximum atomic E-state index is 12.8. The van der Waals surface area contributed by atoms with Crippen molar-refractivity contribution < 1.29 is 23.5 Å². The lowest BCUT2D eigenvalue weighted by molar-refractivity contribution is -0.118. The number of methoxy groups -OCH3 is 1. The Morgan fingerprint density at radius 2 is 1.96 bits per heavy atom. The summed E-state index contributed by atoms with van der Waals surface area (Å²) in [5, 5.41) is 2.57. The van der Waals surface area contributed by atoms with Gasteiger partial charge < -0.3 is 14.8 Å². The van der Waals surface area contributed by atoms with Crippen molar-refractivity contribution in [1.82, 2.24) is 0 Å². The first kappa shape index (κ1) is 17.0. The zero-order valence-corrected chi connectivity index (χ0v) is 13.7. The quantitative estimate of drug-likeness (QED) is 0.778. The summed E-state index contributed by atoms with van der Waals surface area (Å²) in [6, 6.07) is 8.50. The van der Waals surface area contributed by atoms with E-state index in [1.807, 2.05) is 0 Å². The van der Waals surface area contributed by atoms with Crippen molar-refractivity contribution in [3.8, 4) is 11.5 Å². The molecule has 0 heterocycles. The van der Waals surface area contributed by atoms with E-state index in [1.54, 1.807) is 12.1 Å². The van der Waals surface area contributed by atoms with Crippen LogP contribution in [-0.4, -0.2) is 25.9 Å². The van der Waals surface area contributed by atoms with Crippen LogP contribution in [0.5, 0.6) is 11.5 Å². The third-order valence-electron chi connectivity index (χ3n) is 2.91. The number of aldehydes is 1. The number of halogens is 2. The lowest BCUT2D eigenvalue weighted by Crippen LogP contribution is -2.20. The van der Waals surface area contributed by atoms with Crippen molar-refractivity contribution in [2.45, 2.75) is 0 Å². The van der Waals surface area contributed by atoms with Crippen molar-refractivity contribution in [2.75, 3.05) is 19.0 Å². The molecule has 0 unspecified atom stereocenters. The van der Waals surface area contributed by atoms with E-state index in [0.717, 1.165) is 0 Å². The van der Waals surface area contributed by atoms with Crippen LogP contribution in [0.1, 0.15) is 10.4 Å². The average molecular weight is 382 g/mol. The van der Waals surface area contributed by atoms with Crippen LogP contribution < -0.4 is 14.8 Å². The van der Waals surface area contributed by atoms with Crippen LogP contribution in [-0.2, 0) is 4.79 Å². The highest BCUT2D eigenvalue weighted by Gasteiger charge is 2.15. The van der Waals surface area contributed by atoms with E-state index in [-0.39, 0.29) is 12.4 Å².